The molecule has 0 aliphatic rings. The zero-order valence-corrected chi connectivity index (χ0v) is 7.81. The van der Waals surface area contributed by atoms with Gasteiger partial charge in [-0.25, -0.2) is 0 Å². The Kier molecular flexibility index (Phi) is 35.5. The van der Waals surface area contributed by atoms with E-state index in [4.69, 9.17) is 5.11 Å². The number of aliphatic hydroxyl groups excluding tert-OH is 1. The predicted octanol–water partition coefficient (Wildman–Crippen LogP) is -2.39. The second-order valence-corrected chi connectivity index (χ2v) is 0.921. The molecule has 0 amide bonds. The van der Waals surface area contributed by atoms with Crippen molar-refractivity contribution in [1.82, 2.24) is 0 Å². The number of quaternary nitrogens is 1. The van der Waals surface area contributed by atoms with Crippen LogP contribution in [0, 0.1) is 0 Å². The van der Waals surface area contributed by atoms with Gasteiger partial charge >= 0.3 is 0 Å². The third-order valence-electron chi connectivity index (χ3n) is 0.418. The average molecular weight is 302 g/mol. The molecule has 0 saturated carbocycles. The van der Waals surface area contributed by atoms with Gasteiger partial charge in [-0.05, 0) is 0 Å². The molecule has 0 fully saturated rings. The third kappa shape index (κ3) is 20.1. The molecule has 3 radical (unpaired) electrons. The molecular weight excluding hydrogens is 291 g/mol. The van der Waals surface area contributed by atoms with Gasteiger partial charge in [0.15, 0.2) is 0 Å². The van der Waals surface area contributed by atoms with Gasteiger partial charge in [-0.2, -0.15) is 0 Å². The third-order valence-corrected chi connectivity index (χ3v) is 0.418. The summed E-state index contributed by atoms with van der Waals surface area (Å²) < 4.78 is 0. The number of aliphatic hydroxyl groups is 1. The summed E-state index contributed by atoms with van der Waals surface area (Å²) in [7, 11) is 1.93. The molecule has 0 bridgehead atoms. The van der Waals surface area contributed by atoms with E-state index in [0.29, 0.717) is 0 Å². The van der Waals surface area contributed by atoms with Gasteiger partial charge in [0, 0.05) is 26.2 Å². The summed E-state index contributed by atoms with van der Waals surface area (Å²) in [5, 5.41) is 9.97. The number of nitrogens with two attached hydrogens (primary N) is 1. The van der Waals surface area contributed by atoms with Gasteiger partial charge in [0.1, 0.15) is 0 Å². The van der Waals surface area contributed by atoms with Crippen LogP contribution in [0.5, 0.6) is 0 Å². The molecule has 0 saturated heterocycles. The largest absolute Gasteiger partial charge is 0.870 e. The standard InChI is InChI=1S/C3H9NO.Bi.H2O/c1-4-2-3-5;;/h4-5H,2-3H2,1H3;;1H2. The topological polar surface area (TPSA) is 66.8 Å². The van der Waals surface area contributed by atoms with Crippen molar-refractivity contribution in [3.63, 3.8) is 0 Å². The van der Waals surface area contributed by atoms with E-state index in [1.165, 1.54) is 0 Å². The second kappa shape index (κ2) is 15.9. The van der Waals surface area contributed by atoms with E-state index in [1.807, 2.05) is 12.4 Å². The fraction of sp³-hybridized carbons (Fsp3) is 1.00. The van der Waals surface area contributed by atoms with E-state index < -0.39 is 0 Å². The van der Waals surface area contributed by atoms with Crippen LogP contribution in [0.2, 0.25) is 0 Å². The van der Waals surface area contributed by atoms with Crippen LogP contribution in [0.3, 0.4) is 0 Å². The first-order valence-corrected chi connectivity index (χ1v) is 1.80. The second-order valence-electron chi connectivity index (χ2n) is 0.921. The molecule has 7 heavy (non-hydrogen) atoms. The van der Waals surface area contributed by atoms with Gasteiger partial charge in [0.25, 0.3) is 0 Å². The molecule has 3 nitrogen and oxygen atoms in total. The smallest absolute Gasteiger partial charge is 0.0988 e. The van der Waals surface area contributed by atoms with Gasteiger partial charge < -0.3 is 15.9 Å². The maximum absolute atomic E-state index is 8.04. The molecule has 0 spiro atoms. The minimum Gasteiger partial charge on any atom is -0.870 e. The van der Waals surface area contributed by atoms with Crippen LogP contribution in [-0.4, -0.2) is 57.0 Å². The van der Waals surface area contributed by atoms with Gasteiger partial charge in [-0.15, -0.1) is 0 Å². The maximum Gasteiger partial charge on any atom is 0.0988 e. The number of likely N-dealkylation sites (N-methyl/N-ethyl adjacent to an activating group) is 1. The van der Waals surface area contributed by atoms with Gasteiger partial charge in [-0.3, -0.25) is 0 Å². The van der Waals surface area contributed by atoms with Crippen molar-refractivity contribution in [3.8, 4) is 0 Å². The van der Waals surface area contributed by atoms with E-state index in [9.17, 15) is 0 Å². The Hall–Kier alpha value is 0.763. The van der Waals surface area contributed by atoms with E-state index in [0.717, 1.165) is 6.54 Å². The summed E-state index contributed by atoms with van der Waals surface area (Å²) in [4.78, 5) is 0. The number of rotatable bonds is 2. The van der Waals surface area contributed by atoms with Crippen molar-refractivity contribution in [2.45, 2.75) is 0 Å². The van der Waals surface area contributed by atoms with Crippen LogP contribution in [0.15, 0.2) is 0 Å². The SMILES string of the molecule is C[NH2+]CCO.[Bi].[OH-]. The van der Waals surface area contributed by atoms with Crippen molar-refractivity contribution in [2.24, 2.45) is 0 Å². The average Bonchev–Trinajstić information content (AvgIpc) is 1.41. The Morgan fingerprint density at radius 1 is 1.57 bits per heavy atom. The molecular formula is C3H11BiNO2. The molecule has 0 atom stereocenters. The van der Waals surface area contributed by atoms with Crippen LogP contribution >= 0.6 is 0 Å². The summed E-state index contributed by atoms with van der Waals surface area (Å²) in [6.07, 6.45) is 0. The zero-order valence-electron chi connectivity index (χ0n) is 4.33. The van der Waals surface area contributed by atoms with Crippen molar-refractivity contribution in [1.29, 1.82) is 0 Å². The molecule has 0 heterocycles. The fourth-order valence-electron chi connectivity index (χ4n) is 0.129. The first-order valence-electron chi connectivity index (χ1n) is 1.80. The molecule has 0 aromatic heterocycles. The summed E-state index contributed by atoms with van der Waals surface area (Å²) in [6, 6.07) is 0. The Morgan fingerprint density at radius 2 is 2.00 bits per heavy atom. The summed E-state index contributed by atoms with van der Waals surface area (Å²) >= 11 is 0. The van der Waals surface area contributed by atoms with Crippen LogP contribution in [0.1, 0.15) is 0 Å². The molecule has 0 rings (SSSR count). The first-order chi connectivity index (χ1) is 2.41. The van der Waals surface area contributed by atoms with Crippen LogP contribution < -0.4 is 5.32 Å². The Morgan fingerprint density at radius 3 is 2.00 bits per heavy atom. The van der Waals surface area contributed by atoms with Gasteiger partial charge in [-0.1, -0.05) is 0 Å². The molecule has 4 N–H and O–H groups in total. The quantitative estimate of drug-likeness (QED) is 0.559. The fourth-order valence-corrected chi connectivity index (χ4v) is 0.129. The van der Waals surface area contributed by atoms with Gasteiger partial charge in [0.05, 0.1) is 20.2 Å². The van der Waals surface area contributed by atoms with Crippen molar-refractivity contribution in [2.75, 3.05) is 20.2 Å². The van der Waals surface area contributed by atoms with E-state index >= 15 is 0 Å². The van der Waals surface area contributed by atoms with E-state index in [2.05, 4.69) is 0 Å². The number of hydrogen-bond acceptors (Lipinski definition) is 2. The van der Waals surface area contributed by atoms with Crippen molar-refractivity contribution < 1.29 is 15.9 Å². The Bertz CT molecular complexity index is 20.4. The molecule has 4 heteroatoms. The molecule has 0 aromatic carbocycles. The van der Waals surface area contributed by atoms with Crippen molar-refractivity contribution >= 4 is 26.2 Å². The normalized spacial score (nSPS) is 6.00. The minimum absolute atomic E-state index is 0. The summed E-state index contributed by atoms with van der Waals surface area (Å²) in [5.74, 6) is 0. The Labute approximate surface area is 62.5 Å². The predicted molar refractivity (Wildman–Crippen MR) is 27.5 cm³/mol. The summed E-state index contributed by atoms with van der Waals surface area (Å²) in [6.45, 7) is 1.11. The maximum atomic E-state index is 8.04. The summed E-state index contributed by atoms with van der Waals surface area (Å²) in [5.41, 5.74) is 0. The monoisotopic (exact) mass is 302 g/mol. The molecule has 0 aliphatic carbocycles. The van der Waals surface area contributed by atoms with Crippen LogP contribution in [0.4, 0.5) is 0 Å². The van der Waals surface area contributed by atoms with Crippen LogP contribution in [-0.2, 0) is 0 Å². The molecule has 0 aliphatic heterocycles. The first kappa shape index (κ1) is 15.7. The van der Waals surface area contributed by atoms with E-state index in [-0.39, 0.29) is 38.3 Å². The number of hydrogen-bond donors (Lipinski definition) is 2. The molecule has 0 aromatic rings. The van der Waals surface area contributed by atoms with Crippen LogP contribution in [0.25, 0.3) is 0 Å². The zero-order chi connectivity index (χ0) is 4.12. The minimum atomic E-state index is 0. The molecule has 0 unspecified atom stereocenters. The van der Waals surface area contributed by atoms with Crippen molar-refractivity contribution in [3.05, 3.63) is 0 Å². The Balaban J connectivity index is -0.0000000800. The van der Waals surface area contributed by atoms with Gasteiger partial charge in [0.2, 0.25) is 0 Å². The molecule has 45 valence electrons. The van der Waals surface area contributed by atoms with E-state index in [1.54, 1.807) is 0 Å².